The van der Waals surface area contributed by atoms with Gasteiger partial charge in [0.1, 0.15) is 0 Å². The number of benzene rings is 2. The maximum Gasteiger partial charge on any atom is 0.336 e. The standard InChI is InChI=1S/C25H27N3O5/c1-5-32-25(29)23-17(3)26-16(2)22(18(4)27-33-15-19-9-7-6-8-10-19)24(23)20-11-13-21(14-12-20)28(30)31/h6-14,24,27H,5,15H2,1-4H3/b22-18+. The van der Waals surface area contributed by atoms with Crippen LogP contribution in [-0.4, -0.2) is 23.2 Å². The lowest BCUT2D eigenvalue weighted by molar-refractivity contribution is -0.384. The summed E-state index contributed by atoms with van der Waals surface area (Å²) in [5.41, 5.74) is 7.80. The quantitative estimate of drug-likeness (QED) is 0.346. The largest absolute Gasteiger partial charge is 0.463 e. The van der Waals surface area contributed by atoms with E-state index in [9.17, 15) is 14.9 Å². The first-order valence-electron chi connectivity index (χ1n) is 10.6. The van der Waals surface area contributed by atoms with Gasteiger partial charge in [-0.2, -0.15) is 0 Å². The summed E-state index contributed by atoms with van der Waals surface area (Å²) in [7, 11) is 0. The molecule has 172 valence electrons. The van der Waals surface area contributed by atoms with Gasteiger partial charge in [-0.25, -0.2) is 4.79 Å². The van der Waals surface area contributed by atoms with Crippen LogP contribution in [0.2, 0.25) is 0 Å². The topological polar surface area (TPSA) is 103 Å². The smallest absolute Gasteiger partial charge is 0.336 e. The van der Waals surface area contributed by atoms with Crippen molar-refractivity contribution in [3.05, 3.63) is 98.4 Å². The molecule has 1 aliphatic rings. The Hall–Kier alpha value is -3.78. The molecule has 0 amide bonds. The molecule has 33 heavy (non-hydrogen) atoms. The predicted octanol–water partition coefficient (Wildman–Crippen LogP) is 4.99. The number of hydrogen-bond acceptors (Lipinski definition) is 7. The van der Waals surface area contributed by atoms with E-state index in [2.05, 4.69) is 10.5 Å². The summed E-state index contributed by atoms with van der Waals surface area (Å²) in [5.74, 6) is -0.986. The number of ether oxygens (including phenoxy) is 1. The number of allylic oxidation sites excluding steroid dienone is 3. The predicted molar refractivity (Wildman–Crippen MR) is 125 cm³/mol. The number of aliphatic imine (C=N–C) groups is 1. The molecule has 0 saturated heterocycles. The van der Waals surface area contributed by atoms with Gasteiger partial charge in [-0.05, 0) is 38.8 Å². The van der Waals surface area contributed by atoms with Crippen LogP contribution in [0.1, 0.15) is 44.7 Å². The first kappa shape index (κ1) is 23.9. The van der Waals surface area contributed by atoms with Crippen molar-refractivity contribution >= 4 is 17.4 Å². The van der Waals surface area contributed by atoms with Crippen LogP contribution in [0, 0.1) is 10.1 Å². The molecule has 1 N–H and O–H groups in total. The van der Waals surface area contributed by atoms with Crippen LogP contribution >= 0.6 is 0 Å². The first-order chi connectivity index (χ1) is 15.8. The molecule has 2 aromatic rings. The van der Waals surface area contributed by atoms with Crippen molar-refractivity contribution in [2.45, 2.75) is 40.2 Å². The second-order valence-electron chi connectivity index (χ2n) is 7.61. The Labute approximate surface area is 192 Å². The number of hydroxylamine groups is 1. The number of esters is 1. The molecule has 2 aromatic carbocycles. The average molecular weight is 450 g/mol. The molecular formula is C25H27N3O5. The van der Waals surface area contributed by atoms with Crippen molar-refractivity contribution in [2.75, 3.05) is 6.61 Å². The molecule has 0 aromatic heterocycles. The second-order valence-corrected chi connectivity index (χ2v) is 7.61. The highest BCUT2D eigenvalue weighted by Crippen LogP contribution is 2.40. The number of nitro groups is 1. The van der Waals surface area contributed by atoms with Crippen molar-refractivity contribution in [2.24, 2.45) is 4.99 Å². The summed E-state index contributed by atoms with van der Waals surface area (Å²) >= 11 is 0. The highest BCUT2D eigenvalue weighted by molar-refractivity contribution is 6.06. The maximum atomic E-state index is 12.9. The second kappa shape index (κ2) is 10.7. The molecule has 1 unspecified atom stereocenters. The highest BCUT2D eigenvalue weighted by Gasteiger charge is 2.35. The molecule has 8 nitrogen and oxygen atoms in total. The van der Waals surface area contributed by atoms with Crippen LogP contribution < -0.4 is 5.48 Å². The Bertz CT molecular complexity index is 1120. The van der Waals surface area contributed by atoms with Gasteiger partial charge in [0, 0.05) is 40.7 Å². The van der Waals surface area contributed by atoms with Crippen molar-refractivity contribution in [1.82, 2.24) is 5.48 Å². The average Bonchev–Trinajstić information content (AvgIpc) is 2.79. The number of rotatable bonds is 8. The third-order valence-electron chi connectivity index (χ3n) is 5.34. The van der Waals surface area contributed by atoms with Gasteiger partial charge in [0.05, 0.1) is 23.7 Å². The molecule has 0 radical (unpaired) electrons. The van der Waals surface area contributed by atoms with Gasteiger partial charge in [-0.3, -0.25) is 25.4 Å². The van der Waals surface area contributed by atoms with E-state index < -0.39 is 16.8 Å². The van der Waals surface area contributed by atoms with E-state index in [0.29, 0.717) is 23.6 Å². The van der Waals surface area contributed by atoms with Gasteiger partial charge in [0.25, 0.3) is 5.69 Å². The Morgan fingerprint density at radius 1 is 1.12 bits per heavy atom. The molecule has 0 bridgehead atoms. The lowest BCUT2D eigenvalue weighted by Crippen LogP contribution is -2.27. The van der Waals surface area contributed by atoms with Crippen LogP contribution in [0.25, 0.3) is 0 Å². The van der Waals surface area contributed by atoms with E-state index in [1.165, 1.54) is 12.1 Å². The van der Waals surface area contributed by atoms with E-state index in [4.69, 9.17) is 9.57 Å². The number of non-ortho nitro benzene ring substituents is 1. The molecule has 0 spiro atoms. The van der Waals surface area contributed by atoms with Gasteiger partial charge in [0.15, 0.2) is 0 Å². The monoisotopic (exact) mass is 449 g/mol. The minimum absolute atomic E-state index is 0.0232. The van der Waals surface area contributed by atoms with Gasteiger partial charge < -0.3 is 4.74 Å². The van der Waals surface area contributed by atoms with Crippen molar-refractivity contribution in [3.8, 4) is 0 Å². The summed E-state index contributed by atoms with van der Waals surface area (Å²) < 4.78 is 5.32. The third-order valence-corrected chi connectivity index (χ3v) is 5.34. The first-order valence-corrected chi connectivity index (χ1v) is 10.6. The third kappa shape index (κ3) is 5.53. The Balaban J connectivity index is 2.01. The number of nitrogens with zero attached hydrogens (tertiary/aromatic N) is 2. The molecule has 1 heterocycles. The lowest BCUT2D eigenvalue weighted by atomic mass is 9.79. The minimum atomic E-state index is -0.518. The number of carbonyl (C=O) groups is 1. The molecule has 0 fully saturated rings. The van der Waals surface area contributed by atoms with Gasteiger partial charge >= 0.3 is 5.97 Å². The van der Waals surface area contributed by atoms with Crippen LogP contribution in [0.3, 0.4) is 0 Å². The Morgan fingerprint density at radius 2 is 1.79 bits per heavy atom. The van der Waals surface area contributed by atoms with Gasteiger partial charge in [-0.1, -0.05) is 42.5 Å². The van der Waals surface area contributed by atoms with Crippen molar-refractivity contribution in [1.29, 1.82) is 0 Å². The highest BCUT2D eigenvalue weighted by atomic mass is 16.6. The van der Waals surface area contributed by atoms with E-state index >= 15 is 0 Å². The maximum absolute atomic E-state index is 12.9. The Kier molecular flexibility index (Phi) is 7.74. The molecule has 8 heteroatoms. The van der Waals surface area contributed by atoms with Crippen LogP contribution in [-0.2, 0) is 21.0 Å². The SMILES string of the molecule is CCOC(=O)C1=C(C)N=C(C)/C(=C(/C)NOCc2ccccc2)C1c1ccc([N+](=O)[O-])cc1. The number of nitro benzene ring substituents is 1. The van der Waals surface area contributed by atoms with E-state index in [1.54, 1.807) is 26.0 Å². The number of nitrogens with one attached hydrogen (secondary N) is 1. The normalized spacial score (nSPS) is 17.3. The lowest BCUT2D eigenvalue weighted by Gasteiger charge is -2.29. The molecule has 0 aliphatic carbocycles. The fourth-order valence-corrected chi connectivity index (χ4v) is 3.88. The zero-order chi connectivity index (χ0) is 24.0. The van der Waals surface area contributed by atoms with E-state index in [0.717, 1.165) is 22.4 Å². The fourth-order valence-electron chi connectivity index (χ4n) is 3.88. The fraction of sp³-hybridized carbons (Fsp3) is 0.280. The summed E-state index contributed by atoms with van der Waals surface area (Å²) in [6, 6.07) is 15.9. The summed E-state index contributed by atoms with van der Waals surface area (Å²) in [4.78, 5) is 33.9. The van der Waals surface area contributed by atoms with E-state index in [1.807, 2.05) is 44.2 Å². The molecule has 1 atom stereocenters. The van der Waals surface area contributed by atoms with Crippen molar-refractivity contribution in [3.63, 3.8) is 0 Å². The van der Waals surface area contributed by atoms with E-state index in [-0.39, 0.29) is 12.3 Å². The molecular weight excluding hydrogens is 422 g/mol. The van der Waals surface area contributed by atoms with Crippen LogP contribution in [0.15, 0.2) is 82.1 Å². The van der Waals surface area contributed by atoms with Crippen LogP contribution in [0.5, 0.6) is 0 Å². The molecule has 3 rings (SSSR count). The zero-order valence-corrected chi connectivity index (χ0v) is 19.1. The van der Waals surface area contributed by atoms with Crippen molar-refractivity contribution < 1.29 is 19.3 Å². The van der Waals surface area contributed by atoms with Gasteiger partial charge in [-0.15, -0.1) is 0 Å². The van der Waals surface area contributed by atoms with Crippen LogP contribution in [0.4, 0.5) is 5.69 Å². The minimum Gasteiger partial charge on any atom is -0.463 e. The Morgan fingerprint density at radius 3 is 2.39 bits per heavy atom. The number of carbonyl (C=O) groups excluding carboxylic acids is 1. The molecule has 1 aliphatic heterocycles. The summed E-state index contributed by atoms with van der Waals surface area (Å²) in [6.45, 7) is 7.79. The zero-order valence-electron chi connectivity index (χ0n) is 19.1. The molecule has 0 saturated carbocycles. The van der Waals surface area contributed by atoms with Gasteiger partial charge in [0.2, 0.25) is 0 Å². The summed E-state index contributed by atoms with van der Waals surface area (Å²) in [5, 5.41) is 11.1. The number of hydrogen-bond donors (Lipinski definition) is 1. The summed E-state index contributed by atoms with van der Waals surface area (Å²) in [6.07, 6.45) is 0.